The third kappa shape index (κ3) is 2.45. The molecule has 0 bridgehead atoms. The Morgan fingerprint density at radius 3 is 2.31 bits per heavy atom. The van der Waals surface area contributed by atoms with Gasteiger partial charge in [0.2, 0.25) is 0 Å². The van der Waals surface area contributed by atoms with Crippen LogP contribution in [0.2, 0.25) is 0 Å². The van der Waals surface area contributed by atoms with Crippen LogP contribution in [0.15, 0.2) is 0 Å². The highest BCUT2D eigenvalue weighted by atomic mass is 16.3. The lowest BCUT2D eigenvalue weighted by atomic mass is 9.80. The molecule has 0 aromatic rings. The smallest absolute Gasteiger partial charge is 0.0690 e. The molecule has 2 heteroatoms. The summed E-state index contributed by atoms with van der Waals surface area (Å²) >= 11 is 0. The Labute approximate surface area is 80.6 Å². The van der Waals surface area contributed by atoms with E-state index in [-0.39, 0.29) is 17.4 Å². The van der Waals surface area contributed by atoms with Crippen molar-refractivity contribution in [1.82, 2.24) is 0 Å². The van der Waals surface area contributed by atoms with Gasteiger partial charge in [0.15, 0.2) is 0 Å². The SMILES string of the molecule is CC(C)C(O)CC1(C#N)CCCC1. The zero-order chi connectivity index (χ0) is 9.90. The van der Waals surface area contributed by atoms with Gasteiger partial charge in [0.25, 0.3) is 0 Å². The maximum Gasteiger partial charge on any atom is 0.0690 e. The second-order valence-corrected chi connectivity index (χ2v) is 4.61. The van der Waals surface area contributed by atoms with Crippen molar-refractivity contribution in [1.29, 1.82) is 5.26 Å². The fourth-order valence-corrected chi connectivity index (χ4v) is 2.05. The lowest BCUT2D eigenvalue weighted by Crippen LogP contribution is -2.25. The lowest BCUT2D eigenvalue weighted by Gasteiger charge is -2.25. The van der Waals surface area contributed by atoms with Crippen LogP contribution in [-0.2, 0) is 0 Å². The van der Waals surface area contributed by atoms with E-state index in [1.54, 1.807) is 0 Å². The van der Waals surface area contributed by atoms with Gasteiger partial charge in [0.1, 0.15) is 0 Å². The van der Waals surface area contributed by atoms with Gasteiger partial charge in [0.05, 0.1) is 17.6 Å². The largest absolute Gasteiger partial charge is 0.393 e. The summed E-state index contributed by atoms with van der Waals surface area (Å²) in [5.74, 6) is 0.269. The third-order valence-corrected chi connectivity index (χ3v) is 3.17. The van der Waals surface area contributed by atoms with E-state index in [0.717, 1.165) is 25.7 Å². The molecule has 0 aromatic heterocycles. The number of aliphatic hydroxyl groups is 1. The molecule has 1 rings (SSSR count). The van der Waals surface area contributed by atoms with E-state index in [1.165, 1.54) is 0 Å². The minimum atomic E-state index is -0.308. The van der Waals surface area contributed by atoms with Crippen molar-refractivity contribution >= 4 is 0 Å². The van der Waals surface area contributed by atoms with Crippen LogP contribution in [0.3, 0.4) is 0 Å². The maximum absolute atomic E-state index is 9.73. The molecule has 1 saturated carbocycles. The van der Waals surface area contributed by atoms with Crippen LogP contribution in [0.4, 0.5) is 0 Å². The molecule has 74 valence electrons. The second kappa shape index (κ2) is 4.11. The fraction of sp³-hybridized carbons (Fsp3) is 0.909. The molecule has 0 aromatic carbocycles. The quantitative estimate of drug-likeness (QED) is 0.727. The Balaban J connectivity index is 2.54. The lowest BCUT2D eigenvalue weighted by molar-refractivity contribution is 0.0819. The van der Waals surface area contributed by atoms with E-state index in [1.807, 2.05) is 13.8 Å². The molecule has 1 unspecified atom stereocenters. The molecule has 0 heterocycles. The predicted molar refractivity (Wildman–Crippen MR) is 52.0 cm³/mol. The molecule has 0 amide bonds. The van der Waals surface area contributed by atoms with Gasteiger partial charge in [0, 0.05) is 0 Å². The molecule has 0 spiro atoms. The Kier molecular flexibility index (Phi) is 3.33. The summed E-state index contributed by atoms with van der Waals surface area (Å²) in [5.41, 5.74) is -0.205. The van der Waals surface area contributed by atoms with Gasteiger partial charge in [-0.25, -0.2) is 0 Å². The predicted octanol–water partition coefficient (Wildman–Crippen LogP) is 2.48. The highest BCUT2D eigenvalue weighted by Gasteiger charge is 2.36. The van der Waals surface area contributed by atoms with Gasteiger partial charge < -0.3 is 5.11 Å². The van der Waals surface area contributed by atoms with Crippen LogP contribution in [0.25, 0.3) is 0 Å². The van der Waals surface area contributed by atoms with E-state index >= 15 is 0 Å². The minimum Gasteiger partial charge on any atom is -0.393 e. The number of hydrogen-bond acceptors (Lipinski definition) is 2. The first-order chi connectivity index (χ1) is 6.09. The van der Waals surface area contributed by atoms with Gasteiger partial charge >= 0.3 is 0 Å². The van der Waals surface area contributed by atoms with E-state index in [4.69, 9.17) is 5.26 Å². The number of nitriles is 1. The zero-order valence-corrected chi connectivity index (χ0v) is 8.58. The zero-order valence-electron chi connectivity index (χ0n) is 8.58. The Morgan fingerprint density at radius 2 is 1.92 bits per heavy atom. The van der Waals surface area contributed by atoms with Gasteiger partial charge in [-0.2, -0.15) is 5.26 Å². The molecular weight excluding hydrogens is 162 g/mol. The normalized spacial score (nSPS) is 23.0. The van der Waals surface area contributed by atoms with Crippen molar-refractivity contribution in [2.24, 2.45) is 11.3 Å². The average Bonchev–Trinajstić information content (AvgIpc) is 2.54. The van der Waals surface area contributed by atoms with Gasteiger partial charge in [-0.3, -0.25) is 0 Å². The number of rotatable bonds is 3. The Bertz CT molecular complexity index is 199. The summed E-state index contributed by atoms with van der Waals surface area (Å²) in [4.78, 5) is 0. The Hall–Kier alpha value is -0.550. The molecule has 1 atom stereocenters. The first-order valence-electron chi connectivity index (χ1n) is 5.19. The number of aliphatic hydroxyl groups excluding tert-OH is 1. The minimum absolute atomic E-state index is 0.205. The first-order valence-corrected chi connectivity index (χ1v) is 5.19. The van der Waals surface area contributed by atoms with E-state index < -0.39 is 0 Å². The van der Waals surface area contributed by atoms with Crippen molar-refractivity contribution < 1.29 is 5.11 Å². The van der Waals surface area contributed by atoms with Gasteiger partial charge in [-0.1, -0.05) is 26.7 Å². The summed E-state index contributed by atoms with van der Waals surface area (Å²) in [6.07, 6.45) is 4.62. The topological polar surface area (TPSA) is 44.0 Å². The molecule has 1 fully saturated rings. The van der Waals surface area contributed by atoms with Crippen LogP contribution in [0, 0.1) is 22.7 Å². The molecule has 0 radical (unpaired) electrons. The number of nitrogens with zero attached hydrogens (tertiary/aromatic N) is 1. The molecule has 1 aliphatic rings. The summed E-state index contributed by atoms with van der Waals surface area (Å²) < 4.78 is 0. The number of hydrogen-bond donors (Lipinski definition) is 1. The van der Waals surface area contributed by atoms with E-state index in [9.17, 15) is 5.11 Å². The molecular formula is C11H19NO. The summed E-state index contributed by atoms with van der Waals surface area (Å²) in [6.45, 7) is 4.01. The highest BCUT2D eigenvalue weighted by molar-refractivity contribution is 5.03. The van der Waals surface area contributed by atoms with E-state index in [2.05, 4.69) is 6.07 Å². The van der Waals surface area contributed by atoms with Crippen molar-refractivity contribution in [2.75, 3.05) is 0 Å². The molecule has 1 aliphatic carbocycles. The average molecular weight is 181 g/mol. The second-order valence-electron chi connectivity index (χ2n) is 4.61. The van der Waals surface area contributed by atoms with E-state index in [0.29, 0.717) is 6.42 Å². The summed E-state index contributed by atoms with van der Waals surface area (Å²) in [6, 6.07) is 2.40. The summed E-state index contributed by atoms with van der Waals surface area (Å²) in [7, 11) is 0. The Morgan fingerprint density at radius 1 is 1.38 bits per heavy atom. The standard InChI is InChI=1S/C11H19NO/c1-9(2)10(13)7-11(8-12)5-3-4-6-11/h9-10,13H,3-7H2,1-2H3. The van der Waals surface area contributed by atoms with Gasteiger partial charge in [-0.05, 0) is 25.2 Å². The summed E-state index contributed by atoms with van der Waals surface area (Å²) in [5, 5.41) is 18.8. The molecule has 13 heavy (non-hydrogen) atoms. The maximum atomic E-state index is 9.73. The van der Waals surface area contributed by atoms with Gasteiger partial charge in [-0.15, -0.1) is 0 Å². The van der Waals surface area contributed by atoms with Crippen LogP contribution >= 0.6 is 0 Å². The van der Waals surface area contributed by atoms with Crippen LogP contribution in [0.1, 0.15) is 46.0 Å². The fourth-order valence-electron chi connectivity index (χ4n) is 2.05. The highest BCUT2D eigenvalue weighted by Crippen LogP contribution is 2.42. The molecule has 2 nitrogen and oxygen atoms in total. The van der Waals surface area contributed by atoms with Crippen molar-refractivity contribution in [3.8, 4) is 6.07 Å². The van der Waals surface area contributed by atoms with Crippen LogP contribution in [-0.4, -0.2) is 11.2 Å². The third-order valence-electron chi connectivity index (χ3n) is 3.17. The first kappa shape index (κ1) is 10.5. The monoisotopic (exact) mass is 181 g/mol. The van der Waals surface area contributed by atoms with Crippen LogP contribution in [0.5, 0.6) is 0 Å². The molecule has 0 saturated heterocycles. The molecule has 1 N–H and O–H groups in total. The van der Waals surface area contributed by atoms with Crippen LogP contribution < -0.4 is 0 Å². The van der Waals surface area contributed by atoms with Crippen molar-refractivity contribution in [2.45, 2.75) is 52.1 Å². The molecule has 0 aliphatic heterocycles. The van der Waals surface area contributed by atoms with Crippen molar-refractivity contribution in [3.05, 3.63) is 0 Å². The van der Waals surface area contributed by atoms with Crippen molar-refractivity contribution in [3.63, 3.8) is 0 Å².